The Morgan fingerprint density at radius 2 is 2.09 bits per heavy atom. The molecule has 0 amide bonds. The third kappa shape index (κ3) is 2.24. The lowest BCUT2D eigenvalue weighted by molar-refractivity contribution is 0.169. The van der Waals surface area contributed by atoms with Gasteiger partial charge < -0.3 is 5.73 Å². The van der Waals surface area contributed by atoms with Gasteiger partial charge in [0.2, 0.25) is 0 Å². The van der Waals surface area contributed by atoms with E-state index in [9.17, 15) is 0 Å². The van der Waals surface area contributed by atoms with Gasteiger partial charge in [0.05, 0.1) is 0 Å². The largest absolute Gasteiger partial charge is 0.330 e. The van der Waals surface area contributed by atoms with Gasteiger partial charge in [0, 0.05) is 6.42 Å². The van der Waals surface area contributed by atoms with Crippen LogP contribution in [0.15, 0.2) is 0 Å². The minimum atomic E-state index is 0.813. The molecule has 1 fully saturated rings. The van der Waals surface area contributed by atoms with E-state index in [-0.39, 0.29) is 0 Å². The topological polar surface area (TPSA) is 26.0 Å². The molecular formula is C10H17N. The molecule has 62 valence electrons. The molecule has 0 radical (unpaired) electrons. The van der Waals surface area contributed by atoms with Crippen molar-refractivity contribution < 1.29 is 0 Å². The second kappa shape index (κ2) is 4.41. The second-order valence-corrected chi connectivity index (χ2v) is 3.43. The van der Waals surface area contributed by atoms with E-state index in [1.54, 1.807) is 0 Å². The van der Waals surface area contributed by atoms with Gasteiger partial charge in [-0.05, 0) is 44.1 Å². The van der Waals surface area contributed by atoms with Crippen LogP contribution in [0.4, 0.5) is 0 Å². The summed E-state index contributed by atoms with van der Waals surface area (Å²) < 4.78 is 0. The molecule has 1 rings (SSSR count). The predicted octanol–water partition coefficient (Wildman–Crippen LogP) is 1.77. The van der Waals surface area contributed by atoms with Gasteiger partial charge in [0.1, 0.15) is 0 Å². The van der Waals surface area contributed by atoms with Crippen LogP contribution in [0.2, 0.25) is 0 Å². The molecule has 2 atom stereocenters. The Bertz CT molecular complexity index is 143. The molecule has 11 heavy (non-hydrogen) atoms. The lowest BCUT2D eigenvalue weighted by Crippen LogP contribution is -2.32. The summed E-state index contributed by atoms with van der Waals surface area (Å²) >= 11 is 0. The van der Waals surface area contributed by atoms with Crippen LogP contribution in [-0.4, -0.2) is 6.54 Å². The second-order valence-electron chi connectivity index (χ2n) is 3.43. The van der Waals surface area contributed by atoms with E-state index in [1.807, 2.05) is 0 Å². The van der Waals surface area contributed by atoms with Crippen LogP contribution in [0.1, 0.15) is 32.1 Å². The third-order valence-electron chi connectivity index (χ3n) is 2.77. The maximum atomic E-state index is 5.59. The first kappa shape index (κ1) is 8.62. The molecule has 0 aliphatic heterocycles. The summed E-state index contributed by atoms with van der Waals surface area (Å²) in [5.41, 5.74) is 5.59. The van der Waals surface area contributed by atoms with Crippen LogP contribution in [0.5, 0.6) is 0 Å². The molecule has 2 unspecified atom stereocenters. The van der Waals surface area contributed by atoms with E-state index < -0.39 is 0 Å². The summed E-state index contributed by atoms with van der Waals surface area (Å²) in [6.07, 6.45) is 11.3. The molecule has 1 aliphatic carbocycles. The molecule has 2 N–H and O–H groups in total. The monoisotopic (exact) mass is 151 g/mol. The van der Waals surface area contributed by atoms with Crippen LogP contribution >= 0.6 is 0 Å². The Hall–Kier alpha value is -0.480. The van der Waals surface area contributed by atoms with Gasteiger partial charge in [-0.1, -0.05) is 0 Å². The lowest BCUT2D eigenvalue weighted by Gasteiger charge is -2.35. The fourth-order valence-electron chi connectivity index (χ4n) is 1.79. The zero-order valence-electron chi connectivity index (χ0n) is 7.05. The van der Waals surface area contributed by atoms with Gasteiger partial charge in [0.15, 0.2) is 0 Å². The minimum Gasteiger partial charge on any atom is -0.330 e. The number of hydrogen-bond donors (Lipinski definition) is 1. The summed E-state index contributed by atoms with van der Waals surface area (Å²) in [6, 6.07) is 0. The first-order valence-corrected chi connectivity index (χ1v) is 4.52. The molecule has 0 aromatic rings. The van der Waals surface area contributed by atoms with Crippen LogP contribution in [0.25, 0.3) is 0 Å². The van der Waals surface area contributed by atoms with Gasteiger partial charge >= 0.3 is 0 Å². The average Bonchev–Trinajstić information content (AvgIpc) is 1.97. The van der Waals surface area contributed by atoms with E-state index in [2.05, 4.69) is 5.92 Å². The maximum absolute atomic E-state index is 5.59. The molecule has 0 aromatic heterocycles. The molecule has 1 heteroatoms. The van der Waals surface area contributed by atoms with Gasteiger partial charge in [-0.25, -0.2) is 0 Å². The van der Waals surface area contributed by atoms with Gasteiger partial charge in [-0.15, -0.1) is 12.3 Å². The molecule has 1 saturated carbocycles. The maximum Gasteiger partial charge on any atom is 0.00861 e. The van der Waals surface area contributed by atoms with Crippen molar-refractivity contribution in [2.45, 2.75) is 32.1 Å². The Morgan fingerprint density at radius 3 is 2.55 bits per heavy atom. The lowest BCUT2D eigenvalue weighted by atomic mass is 9.71. The number of nitrogens with two attached hydrogens (primary N) is 1. The van der Waals surface area contributed by atoms with Gasteiger partial charge in [-0.3, -0.25) is 0 Å². The average molecular weight is 151 g/mol. The van der Waals surface area contributed by atoms with Crippen LogP contribution in [0, 0.1) is 24.2 Å². The number of hydrogen-bond acceptors (Lipinski definition) is 1. The number of unbranched alkanes of at least 4 members (excludes halogenated alkanes) is 1. The zero-order chi connectivity index (χ0) is 8.10. The highest BCUT2D eigenvalue weighted by Crippen LogP contribution is 2.36. The molecule has 0 saturated heterocycles. The van der Waals surface area contributed by atoms with E-state index in [0.717, 1.165) is 24.8 Å². The van der Waals surface area contributed by atoms with Crippen LogP contribution in [0.3, 0.4) is 0 Å². The van der Waals surface area contributed by atoms with Crippen molar-refractivity contribution in [1.29, 1.82) is 0 Å². The minimum absolute atomic E-state index is 0.813. The number of rotatable bonds is 4. The first-order valence-electron chi connectivity index (χ1n) is 4.52. The smallest absolute Gasteiger partial charge is 0.00861 e. The highest BCUT2D eigenvalue weighted by Gasteiger charge is 2.28. The van der Waals surface area contributed by atoms with Crippen molar-refractivity contribution in [3.05, 3.63) is 0 Å². The number of terminal acetylenes is 1. The highest BCUT2D eigenvalue weighted by atomic mass is 14.6. The van der Waals surface area contributed by atoms with Crippen molar-refractivity contribution in [2.24, 2.45) is 17.6 Å². The Labute approximate surface area is 69.4 Å². The molecule has 0 bridgehead atoms. The Kier molecular flexibility index (Phi) is 3.45. The van der Waals surface area contributed by atoms with Gasteiger partial charge in [0.25, 0.3) is 0 Å². The van der Waals surface area contributed by atoms with Crippen molar-refractivity contribution in [3.63, 3.8) is 0 Å². The molecule has 0 spiro atoms. The quantitative estimate of drug-likeness (QED) is 0.481. The van der Waals surface area contributed by atoms with Crippen molar-refractivity contribution in [1.82, 2.24) is 0 Å². The summed E-state index contributed by atoms with van der Waals surface area (Å²) in [5, 5.41) is 0. The van der Waals surface area contributed by atoms with Crippen LogP contribution in [-0.2, 0) is 0 Å². The molecular weight excluding hydrogens is 134 g/mol. The summed E-state index contributed by atoms with van der Waals surface area (Å²) in [5.74, 6) is 4.38. The predicted molar refractivity (Wildman–Crippen MR) is 48.0 cm³/mol. The molecule has 1 aliphatic rings. The summed E-state index contributed by atoms with van der Waals surface area (Å²) in [7, 11) is 0. The fourth-order valence-corrected chi connectivity index (χ4v) is 1.79. The molecule has 1 nitrogen and oxygen atoms in total. The van der Waals surface area contributed by atoms with E-state index in [4.69, 9.17) is 12.2 Å². The summed E-state index contributed by atoms with van der Waals surface area (Å²) in [4.78, 5) is 0. The first-order chi connectivity index (χ1) is 5.38. The third-order valence-corrected chi connectivity index (χ3v) is 2.77. The summed E-state index contributed by atoms with van der Waals surface area (Å²) in [6.45, 7) is 0.876. The fraction of sp³-hybridized carbons (Fsp3) is 0.800. The Balaban J connectivity index is 2.04. The SMILES string of the molecule is C#CCCCC1CCC1CN. The van der Waals surface area contributed by atoms with Crippen molar-refractivity contribution in [2.75, 3.05) is 6.54 Å². The molecule has 0 heterocycles. The van der Waals surface area contributed by atoms with E-state index in [0.29, 0.717) is 0 Å². The van der Waals surface area contributed by atoms with Gasteiger partial charge in [-0.2, -0.15) is 0 Å². The Morgan fingerprint density at radius 1 is 1.36 bits per heavy atom. The zero-order valence-corrected chi connectivity index (χ0v) is 7.05. The van der Waals surface area contributed by atoms with Crippen molar-refractivity contribution in [3.8, 4) is 12.3 Å². The van der Waals surface area contributed by atoms with Crippen molar-refractivity contribution >= 4 is 0 Å². The van der Waals surface area contributed by atoms with E-state index >= 15 is 0 Å². The highest BCUT2D eigenvalue weighted by molar-refractivity contribution is 4.86. The molecule has 0 aromatic carbocycles. The van der Waals surface area contributed by atoms with E-state index in [1.165, 1.54) is 25.7 Å². The standard InChI is InChI=1S/C10H17N/c1-2-3-4-5-9-6-7-10(9)8-11/h1,9-10H,3-8,11H2. The van der Waals surface area contributed by atoms with Crippen LogP contribution < -0.4 is 5.73 Å². The normalized spacial score (nSPS) is 29.1.